The highest BCUT2D eigenvalue weighted by Gasteiger charge is 2.28. The van der Waals surface area contributed by atoms with Crippen molar-refractivity contribution in [1.29, 1.82) is 0 Å². The predicted molar refractivity (Wildman–Crippen MR) is 86.6 cm³/mol. The lowest BCUT2D eigenvalue weighted by molar-refractivity contribution is -0.119. The molecule has 0 unspecified atom stereocenters. The van der Waals surface area contributed by atoms with Gasteiger partial charge in [-0.05, 0) is 38.3 Å². The van der Waals surface area contributed by atoms with Crippen molar-refractivity contribution >= 4 is 27.5 Å². The van der Waals surface area contributed by atoms with Crippen molar-refractivity contribution in [3.05, 3.63) is 28.8 Å². The van der Waals surface area contributed by atoms with Crippen LogP contribution in [0, 0.1) is 20.8 Å². The lowest BCUT2D eigenvalue weighted by Gasteiger charge is -2.13. The van der Waals surface area contributed by atoms with Gasteiger partial charge in [-0.15, -0.1) is 11.8 Å². The van der Waals surface area contributed by atoms with E-state index in [4.69, 9.17) is 0 Å². The number of benzene rings is 1. The lowest BCUT2D eigenvalue weighted by Crippen LogP contribution is -2.36. The normalized spacial score (nSPS) is 20.4. The van der Waals surface area contributed by atoms with E-state index in [1.165, 1.54) is 28.5 Å². The number of aryl methyl sites for hydroxylation is 3. The molecule has 0 aromatic heterocycles. The molecule has 0 bridgehead atoms. The molecule has 1 fully saturated rings. The van der Waals surface area contributed by atoms with Gasteiger partial charge in [-0.3, -0.25) is 4.79 Å². The number of nitrogens with one attached hydrogen (secondary N) is 1. The summed E-state index contributed by atoms with van der Waals surface area (Å²) in [6.45, 7) is 6.15. The summed E-state index contributed by atoms with van der Waals surface area (Å²) in [5.41, 5.74) is 3.57. The first-order valence-corrected chi connectivity index (χ1v) is 9.78. The fourth-order valence-electron chi connectivity index (χ4n) is 2.71. The number of amides is 1. The van der Waals surface area contributed by atoms with E-state index in [2.05, 4.69) is 24.4 Å². The van der Waals surface area contributed by atoms with Crippen molar-refractivity contribution < 1.29 is 13.2 Å². The highest BCUT2D eigenvalue weighted by Crippen LogP contribution is 2.27. The fourth-order valence-corrected chi connectivity index (χ4v) is 5.32. The zero-order valence-corrected chi connectivity index (χ0v) is 14.2. The van der Waals surface area contributed by atoms with Crippen molar-refractivity contribution in [2.75, 3.05) is 17.3 Å². The molecule has 4 nitrogen and oxygen atoms in total. The monoisotopic (exact) mass is 327 g/mol. The second kappa shape index (κ2) is 6.40. The number of rotatable bonds is 4. The number of hydrogen-bond donors (Lipinski definition) is 1. The molecule has 1 saturated heterocycles. The largest absolute Gasteiger partial charge is 0.352 e. The van der Waals surface area contributed by atoms with E-state index in [0.29, 0.717) is 12.2 Å². The van der Waals surface area contributed by atoms with E-state index in [1.54, 1.807) is 0 Å². The van der Waals surface area contributed by atoms with Gasteiger partial charge in [0.15, 0.2) is 9.84 Å². The molecule has 2 rings (SSSR count). The van der Waals surface area contributed by atoms with Crippen molar-refractivity contribution in [2.24, 2.45) is 0 Å². The molecule has 1 amide bonds. The molecular formula is C15H21NO3S2. The van der Waals surface area contributed by atoms with Crippen LogP contribution in [0.1, 0.15) is 23.1 Å². The summed E-state index contributed by atoms with van der Waals surface area (Å²) < 4.78 is 22.7. The van der Waals surface area contributed by atoms with Gasteiger partial charge in [0.25, 0.3) is 0 Å². The Labute approximate surface area is 130 Å². The molecule has 1 N–H and O–H groups in total. The number of thioether (sulfide) groups is 1. The van der Waals surface area contributed by atoms with Crippen LogP contribution in [0.25, 0.3) is 0 Å². The summed E-state index contributed by atoms with van der Waals surface area (Å²) >= 11 is 1.51. The predicted octanol–water partition coefficient (Wildman–Crippen LogP) is 2.01. The van der Waals surface area contributed by atoms with E-state index >= 15 is 0 Å². The smallest absolute Gasteiger partial charge is 0.230 e. The molecule has 1 heterocycles. The van der Waals surface area contributed by atoms with E-state index in [0.717, 1.165) is 4.90 Å². The topological polar surface area (TPSA) is 63.2 Å². The SMILES string of the molecule is Cc1cc(C)c(SCC(=O)N[C@H]2CCS(=O)(=O)C2)c(C)c1. The summed E-state index contributed by atoms with van der Waals surface area (Å²) in [6, 6.07) is 4.00. The van der Waals surface area contributed by atoms with Gasteiger partial charge in [0.2, 0.25) is 5.91 Å². The Morgan fingerprint density at radius 3 is 2.43 bits per heavy atom. The number of carbonyl (C=O) groups excluding carboxylic acids is 1. The highest BCUT2D eigenvalue weighted by molar-refractivity contribution is 8.00. The summed E-state index contributed by atoms with van der Waals surface area (Å²) in [7, 11) is -2.95. The third-order valence-electron chi connectivity index (χ3n) is 3.55. The third kappa shape index (κ3) is 4.48. The Balaban J connectivity index is 1.90. The zero-order chi connectivity index (χ0) is 15.6. The van der Waals surface area contributed by atoms with Crippen LogP contribution in [-0.2, 0) is 14.6 Å². The maximum Gasteiger partial charge on any atom is 0.230 e. The van der Waals surface area contributed by atoms with Gasteiger partial charge in [-0.25, -0.2) is 8.42 Å². The van der Waals surface area contributed by atoms with Crippen molar-refractivity contribution in [3.63, 3.8) is 0 Å². The minimum atomic E-state index is -2.95. The molecule has 6 heteroatoms. The molecule has 0 radical (unpaired) electrons. The van der Waals surface area contributed by atoms with Gasteiger partial charge in [-0.1, -0.05) is 17.7 Å². The third-order valence-corrected chi connectivity index (χ3v) is 6.66. The average molecular weight is 327 g/mol. The summed E-state index contributed by atoms with van der Waals surface area (Å²) in [5.74, 6) is 0.482. The molecule has 1 aliphatic rings. The van der Waals surface area contributed by atoms with Crippen LogP contribution in [0.2, 0.25) is 0 Å². The van der Waals surface area contributed by atoms with E-state index in [9.17, 15) is 13.2 Å². The van der Waals surface area contributed by atoms with Crippen LogP contribution in [-0.4, -0.2) is 37.6 Å². The Bertz CT molecular complexity index is 630. The maximum atomic E-state index is 11.9. The number of carbonyl (C=O) groups is 1. The summed E-state index contributed by atoms with van der Waals surface area (Å²) in [4.78, 5) is 13.1. The molecule has 1 aromatic carbocycles. The van der Waals surface area contributed by atoms with Crippen LogP contribution in [0.15, 0.2) is 17.0 Å². The molecule has 116 valence electrons. The molecule has 21 heavy (non-hydrogen) atoms. The number of sulfone groups is 1. The Morgan fingerprint density at radius 1 is 1.29 bits per heavy atom. The van der Waals surface area contributed by atoms with Crippen molar-refractivity contribution in [2.45, 2.75) is 38.1 Å². The molecule has 0 spiro atoms. The first-order chi connectivity index (χ1) is 9.77. The van der Waals surface area contributed by atoms with Crippen LogP contribution < -0.4 is 5.32 Å². The number of hydrogen-bond acceptors (Lipinski definition) is 4. The van der Waals surface area contributed by atoms with Gasteiger partial charge in [-0.2, -0.15) is 0 Å². The quantitative estimate of drug-likeness (QED) is 0.859. The Kier molecular flexibility index (Phi) is 4.99. The van der Waals surface area contributed by atoms with Gasteiger partial charge < -0.3 is 5.32 Å². The second-order valence-corrected chi connectivity index (χ2v) is 8.90. The minimum Gasteiger partial charge on any atom is -0.352 e. The maximum absolute atomic E-state index is 11.9. The summed E-state index contributed by atoms with van der Waals surface area (Å²) in [6.07, 6.45) is 0.529. The van der Waals surface area contributed by atoms with Gasteiger partial charge in [0.1, 0.15) is 0 Å². The molecule has 1 aliphatic heterocycles. The van der Waals surface area contributed by atoms with E-state index in [1.807, 2.05) is 13.8 Å². The molecule has 1 atom stereocenters. The van der Waals surface area contributed by atoms with Gasteiger partial charge in [0, 0.05) is 10.9 Å². The van der Waals surface area contributed by atoms with Crippen LogP contribution in [0.4, 0.5) is 0 Å². The zero-order valence-electron chi connectivity index (χ0n) is 12.6. The van der Waals surface area contributed by atoms with Crippen LogP contribution in [0.5, 0.6) is 0 Å². The Hall–Kier alpha value is -1.01. The lowest BCUT2D eigenvalue weighted by atomic mass is 10.1. The van der Waals surface area contributed by atoms with E-state index < -0.39 is 9.84 Å². The van der Waals surface area contributed by atoms with Crippen molar-refractivity contribution in [3.8, 4) is 0 Å². The first kappa shape index (κ1) is 16.4. The van der Waals surface area contributed by atoms with Gasteiger partial charge >= 0.3 is 0 Å². The second-order valence-electron chi connectivity index (χ2n) is 5.68. The minimum absolute atomic E-state index is 0.0754. The van der Waals surface area contributed by atoms with Crippen LogP contribution in [0.3, 0.4) is 0 Å². The average Bonchev–Trinajstić information content (AvgIpc) is 2.67. The standard InChI is InChI=1S/C15H21NO3S2/c1-10-6-11(2)15(12(3)7-10)20-8-14(17)16-13-4-5-21(18,19)9-13/h6-7,13H,4-5,8-9H2,1-3H3,(H,16,17)/t13-/m0/s1. The molecule has 1 aromatic rings. The summed E-state index contributed by atoms with van der Waals surface area (Å²) in [5, 5.41) is 2.82. The molecule has 0 aliphatic carbocycles. The molecule has 0 saturated carbocycles. The van der Waals surface area contributed by atoms with E-state index in [-0.39, 0.29) is 23.5 Å². The Morgan fingerprint density at radius 2 is 1.90 bits per heavy atom. The van der Waals surface area contributed by atoms with Gasteiger partial charge in [0.05, 0.1) is 17.3 Å². The van der Waals surface area contributed by atoms with Crippen LogP contribution >= 0.6 is 11.8 Å². The first-order valence-electron chi connectivity index (χ1n) is 6.97. The molecular weight excluding hydrogens is 306 g/mol. The highest BCUT2D eigenvalue weighted by atomic mass is 32.2. The fraction of sp³-hybridized carbons (Fsp3) is 0.533. The van der Waals surface area contributed by atoms with Crippen molar-refractivity contribution in [1.82, 2.24) is 5.32 Å².